The van der Waals surface area contributed by atoms with Crippen molar-refractivity contribution in [2.24, 2.45) is 0 Å². The molecule has 0 aliphatic heterocycles. The first-order valence-corrected chi connectivity index (χ1v) is 6.11. The number of hydrogen-bond donors (Lipinski definition) is 0. The minimum atomic E-state index is 1.11. The van der Waals surface area contributed by atoms with Gasteiger partial charge in [0.25, 0.3) is 0 Å². The Kier molecular flexibility index (Phi) is 2.36. The van der Waals surface area contributed by atoms with Crippen molar-refractivity contribution in [3.8, 4) is 11.1 Å². The largest absolute Gasteiger partial charge is 0.0654 e. The summed E-state index contributed by atoms with van der Waals surface area (Å²) in [5, 5.41) is 0. The van der Waals surface area contributed by atoms with Crippen molar-refractivity contribution >= 4 is 5.57 Å². The van der Waals surface area contributed by atoms with Gasteiger partial charge in [0.15, 0.2) is 0 Å². The Morgan fingerprint density at radius 1 is 0.824 bits per heavy atom. The average Bonchev–Trinajstić information content (AvgIpc) is 2.66. The van der Waals surface area contributed by atoms with Gasteiger partial charge in [-0.05, 0) is 48.1 Å². The highest BCUT2D eigenvalue weighted by atomic mass is 14.2. The molecule has 0 spiro atoms. The molecule has 84 valence electrons. The van der Waals surface area contributed by atoms with E-state index in [0.29, 0.717) is 0 Å². The van der Waals surface area contributed by atoms with Gasteiger partial charge >= 0.3 is 0 Å². The van der Waals surface area contributed by atoms with Crippen LogP contribution in [0.1, 0.15) is 25.0 Å². The molecular weight excluding hydrogens is 204 g/mol. The zero-order valence-corrected chi connectivity index (χ0v) is 10.3. The van der Waals surface area contributed by atoms with E-state index in [1.165, 1.54) is 33.4 Å². The van der Waals surface area contributed by atoms with E-state index in [-0.39, 0.29) is 0 Å². The van der Waals surface area contributed by atoms with Crippen LogP contribution in [0.4, 0.5) is 0 Å². The first kappa shape index (κ1) is 10.3. The van der Waals surface area contributed by atoms with E-state index in [1.54, 1.807) is 0 Å². The average molecular weight is 220 g/mol. The smallest absolute Gasteiger partial charge is 0.00577 e. The Hall–Kier alpha value is -1.82. The Bertz CT molecular complexity index is 589. The summed E-state index contributed by atoms with van der Waals surface area (Å²) in [6, 6.07) is 17.3. The highest BCUT2D eigenvalue weighted by molar-refractivity contribution is 5.86. The highest BCUT2D eigenvalue weighted by Crippen LogP contribution is 2.38. The fraction of sp³-hybridized carbons (Fsp3) is 0.176. The molecule has 1 aliphatic carbocycles. The zero-order valence-electron chi connectivity index (χ0n) is 10.3. The second kappa shape index (κ2) is 3.89. The van der Waals surface area contributed by atoms with E-state index in [1.807, 2.05) is 0 Å². The summed E-state index contributed by atoms with van der Waals surface area (Å²) in [5.41, 5.74) is 8.58. The molecule has 0 bridgehead atoms. The normalized spacial score (nSPS) is 14.0. The Morgan fingerprint density at radius 3 is 2.35 bits per heavy atom. The highest BCUT2D eigenvalue weighted by Gasteiger charge is 2.18. The predicted molar refractivity (Wildman–Crippen MR) is 73.9 cm³/mol. The van der Waals surface area contributed by atoms with Gasteiger partial charge in [-0.1, -0.05) is 54.1 Å². The molecule has 0 nitrogen and oxygen atoms in total. The van der Waals surface area contributed by atoms with E-state index in [0.717, 1.165) is 6.42 Å². The Balaban J connectivity index is 2.25. The summed E-state index contributed by atoms with van der Waals surface area (Å²) in [7, 11) is 0. The van der Waals surface area contributed by atoms with Crippen LogP contribution in [-0.2, 0) is 6.42 Å². The molecule has 0 amide bonds. The lowest BCUT2D eigenvalue weighted by molar-refractivity contribution is 1.19. The van der Waals surface area contributed by atoms with Crippen molar-refractivity contribution < 1.29 is 0 Å². The molecule has 0 N–H and O–H groups in total. The molecule has 3 rings (SSSR count). The number of rotatable bonds is 1. The van der Waals surface area contributed by atoms with Crippen LogP contribution in [0.15, 0.2) is 54.1 Å². The lowest BCUT2D eigenvalue weighted by Crippen LogP contribution is -1.88. The summed E-state index contributed by atoms with van der Waals surface area (Å²) in [6.45, 7) is 4.48. The molecule has 0 atom stereocenters. The van der Waals surface area contributed by atoms with Gasteiger partial charge < -0.3 is 0 Å². The molecule has 0 saturated carbocycles. The molecule has 0 aromatic heterocycles. The second-order valence-corrected chi connectivity index (χ2v) is 4.79. The van der Waals surface area contributed by atoms with E-state index in [2.05, 4.69) is 62.4 Å². The lowest BCUT2D eigenvalue weighted by Gasteiger charge is -2.10. The molecule has 0 heteroatoms. The topological polar surface area (TPSA) is 0 Å². The van der Waals surface area contributed by atoms with Crippen molar-refractivity contribution in [3.63, 3.8) is 0 Å². The van der Waals surface area contributed by atoms with Crippen LogP contribution in [0.25, 0.3) is 16.7 Å². The first-order valence-electron chi connectivity index (χ1n) is 6.11. The van der Waals surface area contributed by atoms with Crippen LogP contribution in [0.2, 0.25) is 0 Å². The standard InChI is InChI=1S/C17H16/c1-12-11-15-9-6-10-16(17(15)13(12)2)14-7-4-3-5-8-14/h3-10H,11H2,1-2H3. The third-order valence-corrected chi connectivity index (χ3v) is 3.71. The molecule has 0 fully saturated rings. The van der Waals surface area contributed by atoms with Crippen molar-refractivity contribution in [2.75, 3.05) is 0 Å². The van der Waals surface area contributed by atoms with Crippen LogP contribution < -0.4 is 0 Å². The second-order valence-electron chi connectivity index (χ2n) is 4.79. The molecule has 0 heterocycles. The maximum atomic E-state index is 2.25. The van der Waals surface area contributed by atoms with Crippen molar-refractivity contribution in [3.05, 3.63) is 65.2 Å². The van der Waals surface area contributed by atoms with E-state index < -0.39 is 0 Å². The Morgan fingerprint density at radius 2 is 1.59 bits per heavy atom. The SMILES string of the molecule is CC1=C(C)c2c(cccc2-c2ccccc2)C1. The minimum absolute atomic E-state index is 1.11. The van der Waals surface area contributed by atoms with Crippen molar-refractivity contribution in [2.45, 2.75) is 20.3 Å². The van der Waals surface area contributed by atoms with Crippen LogP contribution in [0.5, 0.6) is 0 Å². The number of fused-ring (bicyclic) bond motifs is 1. The fourth-order valence-electron chi connectivity index (χ4n) is 2.68. The van der Waals surface area contributed by atoms with Crippen molar-refractivity contribution in [1.29, 1.82) is 0 Å². The lowest BCUT2D eigenvalue weighted by atomic mass is 9.94. The van der Waals surface area contributed by atoms with Gasteiger partial charge in [-0.15, -0.1) is 0 Å². The van der Waals surface area contributed by atoms with Crippen LogP contribution in [0.3, 0.4) is 0 Å². The quantitative estimate of drug-likeness (QED) is 0.653. The minimum Gasteiger partial charge on any atom is -0.0654 e. The van der Waals surface area contributed by atoms with Crippen LogP contribution in [0, 0.1) is 0 Å². The van der Waals surface area contributed by atoms with Gasteiger partial charge in [0.2, 0.25) is 0 Å². The third kappa shape index (κ3) is 1.61. The van der Waals surface area contributed by atoms with Gasteiger partial charge in [-0.2, -0.15) is 0 Å². The summed E-state index contributed by atoms with van der Waals surface area (Å²) in [5.74, 6) is 0. The molecule has 0 radical (unpaired) electrons. The predicted octanol–water partition coefficient (Wildman–Crippen LogP) is 4.70. The summed E-state index contributed by atoms with van der Waals surface area (Å²) >= 11 is 0. The van der Waals surface area contributed by atoms with Crippen molar-refractivity contribution in [1.82, 2.24) is 0 Å². The first-order chi connectivity index (χ1) is 8.27. The van der Waals surface area contributed by atoms with E-state index >= 15 is 0 Å². The van der Waals surface area contributed by atoms with Crippen LogP contribution >= 0.6 is 0 Å². The van der Waals surface area contributed by atoms with E-state index in [4.69, 9.17) is 0 Å². The third-order valence-electron chi connectivity index (χ3n) is 3.71. The maximum absolute atomic E-state index is 2.25. The summed E-state index contributed by atoms with van der Waals surface area (Å²) < 4.78 is 0. The van der Waals surface area contributed by atoms with E-state index in [9.17, 15) is 0 Å². The molecule has 1 aliphatic rings. The van der Waals surface area contributed by atoms with Gasteiger partial charge in [0.1, 0.15) is 0 Å². The molecule has 0 unspecified atom stereocenters. The fourth-order valence-corrected chi connectivity index (χ4v) is 2.68. The Labute approximate surface area is 103 Å². The molecular formula is C17H16. The van der Waals surface area contributed by atoms with Gasteiger partial charge in [0, 0.05) is 0 Å². The number of allylic oxidation sites excluding steroid dienone is 2. The monoisotopic (exact) mass is 220 g/mol. The summed E-state index contributed by atoms with van der Waals surface area (Å²) in [4.78, 5) is 0. The van der Waals surface area contributed by atoms with Gasteiger partial charge in [0.05, 0.1) is 0 Å². The molecule has 2 aromatic carbocycles. The van der Waals surface area contributed by atoms with Gasteiger partial charge in [-0.3, -0.25) is 0 Å². The molecule has 17 heavy (non-hydrogen) atoms. The zero-order chi connectivity index (χ0) is 11.8. The van der Waals surface area contributed by atoms with Crippen LogP contribution in [-0.4, -0.2) is 0 Å². The maximum Gasteiger partial charge on any atom is -0.00577 e. The molecule has 2 aromatic rings. The number of hydrogen-bond acceptors (Lipinski definition) is 0. The van der Waals surface area contributed by atoms with Gasteiger partial charge in [-0.25, -0.2) is 0 Å². The molecule has 0 saturated heterocycles. The number of benzene rings is 2. The summed E-state index contributed by atoms with van der Waals surface area (Å²) in [6.07, 6.45) is 1.11.